The molecule has 2 aromatic rings. The lowest BCUT2D eigenvalue weighted by atomic mass is 10.1. The molecule has 0 aliphatic heterocycles. The first kappa shape index (κ1) is 16.3. The molecule has 0 fully saturated rings. The number of anilines is 2. The molecule has 0 amide bonds. The van der Waals surface area contributed by atoms with Crippen LogP contribution in [-0.2, 0) is 6.54 Å². The summed E-state index contributed by atoms with van der Waals surface area (Å²) in [6.07, 6.45) is 6.09. The molecule has 2 aromatic heterocycles. The van der Waals surface area contributed by atoms with Crippen molar-refractivity contribution in [3.05, 3.63) is 24.5 Å². The minimum absolute atomic E-state index is 0.364. The van der Waals surface area contributed by atoms with Crippen molar-refractivity contribution in [3.8, 4) is 11.1 Å². The Bertz CT molecular complexity index is 588. The Labute approximate surface area is 133 Å². The minimum atomic E-state index is 0.364. The molecule has 0 bridgehead atoms. The molecular formula is C17H27N5. The molecule has 5 heteroatoms. The molecule has 0 aliphatic rings. The van der Waals surface area contributed by atoms with Crippen LogP contribution in [0.4, 0.5) is 11.6 Å². The lowest BCUT2D eigenvalue weighted by Crippen LogP contribution is -2.11. The summed E-state index contributed by atoms with van der Waals surface area (Å²) in [5, 5.41) is 11.4. The first-order valence-electron chi connectivity index (χ1n) is 8.18. The van der Waals surface area contributed by atoms with E-state index in [1.807, 2.05) is 18.5 Å². The van der Waals surface area contributed by atoms with Gasteiger partial charge in [-0.2, -0.15) is 5.10 Å². The number of aromatic nitrogens is 3. The second-order valence-electron chi connectivity index (χ2n) is 5.74. The van der Waals surface area contributed by atoms with Crippen LogP contribution in [-0.4, -0.2) is 27.4 Å². The molecule has 0 saturated carbocycles. The van der Waals surface area contributed by atoms with Gasteiger partial charge in [-0.25, -0.2) is 9.67 Å². The van der Waals surface area contributed by atoms with Gasteiger partial charge in [0, 0.05) is 30.9 Å². The fourth-order valence-electron chi connectivity index (χ4n) is 2.40. The zero-order valence-electron chi connectivity index (χ0n) is 14.1. The van der Waals surface area contributed by atoms with E-state index in [9.17, 15) is 0 Å². The molecule has 2 heterocycles. The van der Waals surface area contributed by atoms with Crippen molar-refractivity contribution >= 4 is 11.6 Å². The molecule has 5 nitrogen and oxygen atoms in total. The van der Waals surface area contributed by atoms with E-state index in [4.69, 9.17) is 0 Å². The highest BCUT2D eigenvalue weighted by molar-refractivity contribution is 5.76. The summed E-state index contributed by atoms with van der Waals surface area (Å²) in [4.78, 5) is 4.38. The predicted octanol–water partition coefficient (Wildman–Crippen LogP) is 4.00. The van der Waals surface area contributed by atoms with Gasteiger partial charge in [0.15, 0.2) is 0 Å². The maximum Gasteiger partial charge on any atom is 0.132 e. The SMILES string of the molecule is CCCCn1ncc(-c2ccnc(NC(C)C)c2)c1NCC. The lowest BCUT2D eigenvalue weighted by molar-refractivity contribution is 0.576. The van der Waals surface area contributed by atoms with Crippen LogP contribution in [0.5, 0.6) is 0 Å². The van der Waals surface area contributed by atoms with Gasteiger partial charge in [0.25, 0.3) is 0 Å². The lowest BCUT2D eigenvalue weighted by Gasteiger charge is -2.12. The van der Waals surface area contributed by atoms with E-state index in [1.165, 1.54) is 6.42 Å². The Morgan fingerprint density at radius 3 is 2.77 bits per heavy atom. The molecular weight excluding hydrogens is 274 g/mol. The largest absolute Gasteiger partial charge is 0.370 e. The summed E-state index contributed by atoms with van der Waals surface area (Å²) in [5.74, 6) is 1.99. The van der Waals surface area contributed by atoms with E-state index >= 15 is 0 Å². The van der Waals surface area contributed by atoms with Crippen LogP contribution < -0.4 is 10.6 Å². The third-order valence-electron chi connectivity index (χ3n) is 3.41. The third kappa shape index (κ3) is 4.00. The molecule has 2 N–H and O–H groups in total. The second kappa shape index (κ2) is 7.82. The Morgan fingerprint density at radius 2 is 2.09 bits per heavy atom. The minimum Gasteiger partial charge on any atom is -0.370 e. The van der Waals surface area contributed by atoms with Crippen molar-refractivity contribution in [2.75, 3.05) is 17.2 Å². The molecule has 120 valence electrons. The summed E-state index contributed by atoms with van der Waals surface area (Å²) < 4.78 is 2.07. The fourth-order valence-corrected chi connectivity index (χ4v) is 2.40. The normalized spacial score (nSPS) is 11.0. The van der Waals surface area contributed by atoms with Crippen molar-refractivity contribution in [3.63, 3.8) is 0 Å². The molecule has 0 atom stereocenters. The summed E-state index contributed by atoms with van der Waals surface area (Å²) in [6, 6.07) is 4.48. The maximum absolute atomic E-state index is 4.55. The number of hydrogen-bond donors (Lipinski definition) is 2. The number of unbranched alkanes of at least 4 members (excludes halogenated alkanes) is 1. The van der Waals surface area contributed by atoms with E-state index in [2.05, 4.69) is 59.2 Å². The topological polar surface area (TPSA) is 54.8 Å². The van der Waals surface area contributed by atoms with Gasteiger partial charge in [0.05, 0.1) is 6.20 Å². The van der Waals surface area contributed by atoms with Gasteiger partial charge in [-0.05, 0) is 44.9 Å². The summed E-state index contributed by atoms with van der Waals surface area (Å²) >= 11 is 0. The second-order valence-corrected chi connectivity index (χ2v) is 5.74. The summed E-state index contributed by atoms with van der Waals surface area (Å²) in [7, 11) is 0. The van der Waals surface area contributed by atoms with Gasteiger partial charge in [-0.1, -0.05) is 13.3 Å². The molecule has 0 saturated heterocycles. The average molecular weight is 301 g/mol. The summed E-state index contributed by atoms with van der Waals surface area (Å²) in [6.45, 7) is 10.4. The van der Waals surface area contributed by atoms with Crippen LogP contribution in [0.3, 0.4) is 0 Å². The van der Waals surface area contributed by atoms with Crippen LogP contribution in [0.1, 0.15) is 40.5 Å². The molecule has 0 radical (unpaired) electrons. The molecule has 0 aliphatic carbocycles. The zero-order valence-corrected chi connectivity index (χ0v) is 14.1. The fraction of sp³-hybridized carbons (Fsp3) is 0.529. The predicted molar refractivity (Wildman–Crippen MR) is 93.3 cm³/mol. The number of aryl methyl sites for hydroxylation is 1. The van der Waals surface area contributed by atoms with Crippen molar-refractivity contribution < 1.29 is 0 Å². The van der Waals surface area contributed by atoms with E-state index in [-0.39, 0.29) is 0 Å². The number of rotatable bonds is 8. The highest BCUT2D eigenvalue weighted by Crippen LogP contribution is 2.29. The Hall–Kier alpha value is -2.04. The Kier molecular flexibility index (Phi) is 5.81. The Balaban J connectivity index is 2.32. The first-order chi connectivity index (χ1) is 10.7. The van der Waals surface area contributed by atoms with E-state index in [1.54, 1.807) is 0 Å². The monoisotopic (exact) mass is 301 g/mol. The molecule has 22 heavy (non-hydrogen) atoms. The maximum atomic E-state index is 4.55. The van der Waals surface area contributed by atoms with Crippen molar-refractivity contribution in [1.82, 2.24) is 14.8 Å². The molecule has 0 aromatic carbocycles. The highest BCUT2D eigenvalue weighted by atomic mass is 15.3. The van der Waals surface area contributed by atoms with Gasteiger partial charge in [0.2, 0.25) is 0 Å². The molecule has 0 unspecified atom stereocenters. The Morgan fingerprint density at radius 1 is 1.27 bits per heavy atom. The summed E-state index contributed by atoms with van der Waals surface area (Å²) in [5.41, 5.74) is 2.27. The number of nitrogens with one attached hydrogen (secondary N) is 2. The number of nitrogens with zero attached hydrogens (tertiary/aromatic N) is 3. The first-order valence-corrected chi connectivity index (χ1v) is 8.18. The average Bonchev–Trinajstić information content (AvgIpc) is 2.88. The van der Waals surface area contributed by atoms with Crippen LogP contribution in [0.15, 0.2) is 24.5 Å². The van der Waals surface area contributed by atoms with Crippen LogP contribution in [0.2, 0.25) is 0 Å². The van der Waals surface area contributed by atoms with Crippen LogP contribution in [0, 0.1) is 0 Å². The number of hydrogen-bond acceptors (Lipinski definition) is 4. The molecule has 2 rings (SSSR count). The standard InChI is InChI=1S/C17H27N5/c1-5-7-10-22-17(18-6-2)15(12-20-22)14-8-9-19-16(11-14)21-13(3)4/h8-9,11-13,18H,5-7,10H2,1-4H3,(H,19,21). The number of pyridine rings is 1. The zero-order chi connectivity index (χ0) is 15.9. The van der Waals surface area contributed by atoms with Gasteiger partial charge < -0.3 is 10.6 Å². The van der Waals surface area contributed by atoms with Crippen LogP contribution in [0.25, 0.3) is 11.1 Å². The highest BCUT2D eigenvalue weighted by Gasteiger charge is 2.12. The van der Waals surface area contributed by atoms with Crippen LogP contribution >= 0.6 is 0 Å². The van der Waals surface area contributed by atoms with E-state index < -0.39 is 0 Å². The smallest absolute Gasteiger partial charge is 0.132 e. The van der Waals surface area contributed by atoms with Crippen molar-refractivity contribution in [2.45, 2.75) is 53.1 Å². The third-order valence-corrected chi connectivity index (χ3v) is 3.41. The van der Waals surface area contributed by atoms with Gasteiger partial charge in [-0.15, -0.1) is 0 Å². The van der Waals surface area contributed by atoms with Crippen molar-refractivity contribution in [1.29, 1.82) is 0 Å². The van der Waals surface area contributed by atoms with E-state index in [0.717, 1.165) is 42.3 Å². The van der Waals surface area contributed by atoms with E-state index in [0.29, 0.717) is 6.04 Å². The molecule has 0 spiro atoms. The van der Waals surface area contributed by atoms with Crippen molar-refractivity contribution in [2.24, 2.45) is 0 Å². The van der Waals surface area contributed by atoms with Gasteiger partial charge in [-0.3, -0.25) is 0 Å². The van der Waals surface area contributed by atoms with Gasteiger partial charge in [0.1, 0.15) is 11.6 Å². The van der Waals surface area contributed by atoms with Gasteiger partial charge >= 0.3 is 0 Å². The quantitative estimate of drug-likeness (QED) is 0.774.